The van der Waals surface area contributed by atoms with Crippen molar-refractivity contribution < 1.29 is 0 Å². The van der Waals surface area contributed by atoms with E-state index < -0.39 is 0 Å². The molecule has 0 spiro atoms. The van der Waals surface area contributed by atoms with Crippen LogP contribution in [0.15, 0.2) is 22.7 Å². The third kappa shape index (κ3) is 1.39. The molecular weight excluding hydrogens is 226 g/mol. The molecule has 1 aromatic carbocycles. The Bertz CT molecular complexity index is 367. The molecule has 0 fully saturated rings. The van der Waals surface area contributed by atoms with Crippen molar-refractivity contribution in [2.75, 3.05) is 19.0 Å². The number of fused-ring (bicyclic) bond motifs is 1. The van der Waals surface area contributed by atoms with E-state index in [0.717, 1.165) is 6.42 Å². The summed E-state index contributed by atoms with van der Waals surface area (Å²) < 4.78 is 1.18. The zero-order valence-corrected chi connectivity index (χ0v) is 9.43. The van der Waals surface area contributed by atoms with Gasteiger partial charge < -0.3 is 4.90 Å². The first-order chi connectivity index (χ1) is 6.20. The highest BCUT2D eigenvalue weighted by atomic mass is 79.9. The molecule has 1 aliphatic carbocycles. The van der Waals surface area contributed by atoms with Crippen LogP contribution in [-0.2, 0) is 6.42 Å². The molecule has 0 aliphatic heterocycles. The summed E-state index contributed by atoms with van der Waals surface area (Å²) in [6.07, 6.45) is 5.46. The molecule has 2 rings (SSSR count). The largest absolute Gasteiger partial charge is 0.377 e. The van der Waals surface area contributed by atoms with Gasteiger partial charge in [-0.15, -0.1) is 0 Å². The quantitative estimate of drug-likeness (QED) is 0.726. The predicted octanol–water partition coefficient (Wildman–Crippen LogP) is 3.08. The van der Waals surface area contributed by atoms with Crippen LogP contribution in [0.1, 0.15) is 11.1 Å². The van der Waals surface area contributed by atoms with Crippen LogP contribution in [0.4, 0.5) is 5.69 Å². The van der Waals surface area contributed by atoms with E-state index in [9.17, 15) is 0 Å². The summed E-state index contributed by atoms with van der Waals surface area (Å²) in [5, 5.41) is 0. The third-order valence-electron chi connectivity index (χ3n) is 2.34. The zero-order chi connectivity index (χ0) is 9.42. The van der Waals surface area contributed by atoms with E-state index >= 15 is 0 Å². The van der Waals surface area contributed by atoms with Gasteiger partial charge in [0.05, 0.1) is 5.69 Å². The fraction of sp³-hybridized carbons (Fsp3) is 0.273. The van der Waals surface area contributed by atoms with Crippen LogP contribution in [0.5, 0.6) is 0 Å². The lowest BCUT2D eigenvalue weighted by molar-refractivity contribution is 1.09. The zero-order valence-electron chi connectivity index (χ0n) is 7.84. The summed E-state index contributed by atoms with van der Waals surface area (Å²) >= 11 is 3.58. The summed E-state index contributed by atoms with van der Waals surface area (Å²) in [7, 11) is 4.16. The summed E-state index contributed by atoms with van der Waals surface area (Å²) in [5.41, 5.74) is 4.09. The van der Waals surface area contributed by atoms with E-state index in [4.69, 9.17) is 0 Å². The Balaban J connectivity index is 2.61. The number of benzene rings is 1. The van der Waals surface area contributed by atoms with Crippen molar-refractivity contribution in [3.63, 3.8) is 0 Å². The molecule has 0 unspecified atom stereocenters. The number of anilines is 1. The molecule has 0 heterocycles. The van der Waals surface area contributed by atoms with Gasteiger partial charge in [-0.05, 0) is 39.5 Å². The summed E-state index contributed by atoms with van der Waals surface area (Å²) in [6.45, 7) is 0. The lowest BCUT2D eigenvalue weighted by atomic mass is 10.1. The van der Waals surface area contributed by atoms with Crippen LogP contribution >= 0.6 is 15.9 Å². The van der Waals surface area contributed by atoms with Crippen molar-refractivity contribution in [1.29, 1.82) is 0 Å². The summed E-state index contributed by atoms with van der Waals surface area (Å²) in [5.74, 6) is 0. The molecule has 1 aliphatic rings. The smallest absolute Gasteiger partial charge is 0.0547 e. The fourth-order valence-electron chi connectivity index (χ4n) is 1.78. The van der Waals surface area contributed by atoms with Gasteiger partial charge in [-0.2, -0.15) is 0 Å². The Morgan fingerprint density at radius 2 is 2.08 bits per heavy atom. The van der Waals surface area contributed by atoms with Crippen molar-refractivity contribution in [3.8, 4) is 0 Å². The van der Waals surface area contributed by atoms with E-state index in [2.05, 4.69) is 59.2 Å². The molecule has 13 heavy (non-hydrogen) atoms. The van der Waals surface area contributed by atoms with Gasteiger partial charge in [0, 0.05) is 18.6 Å². The first-order valence-corrected chi connectivity index (χ1v) is 5.14. The first-order valence-electron chi connectivity index (χ1n) is 4.35. The van der Waals surface area contributed by atoms with Crippen molar-refractivity contribution in [1.82, 2.24) is 0 Å². The fourth-order valence-corrected chi connectivity index (χ4v) is 2.51. The van der Waals surface area contributed by atoms with Gasteiger partial charge in [-0.25, -0.2) is 0 Å². The number of rotatable bonds is 1. The Labute approximate surface area is 87.2 Å². The van der Waals surface area contributed by atoms with Crippen LogP contribution < -0.4 is 4.90 Å². The standard InChI is InChI=1S/C11H12BrN/c1-13(2)11-9-5-3-4-8(9)6-7-10(11)12/h3-4,6-7H,5H2,1-2H3. The molecule has 2 heteroatoms. The number of hydrogen-bond donors (Lipinski definition) is 0. The highest BCUT2D eigenvalue weighted by molar-refractivity contribution is 9.10. The predicted molar refractivity (Wildman–Crippen MR) is 61.2 cm³/mol. The molecule has 1 aromatic rings. The van der Waals surface area contributed by atoms with E-state index in [1.165, 1.54) is 21.3 Å². The van der Waals surface area contributed by atoms with Crippen molar-refractivity contribution >= 4 is 27.7 Å². The Morgan fingerprint density at radius 1 is 1.31 bits per heavy atom. The van der Waals surface area contributed by atoms with Crippen LogP contribution in [-0.4, -0.2) is 14.1 Å². The number of hydrogen-bond acceptors (Lipinski definition) is 1. The first kappa shape index (κ1) is 8.82. The monoisotopic (exact) mass is 237 g/mol. The maximum absolute atomic E-state index is 3.58. The van der Waals surface area contributed by atoms with Crippen LogP contribution in [0.3, 0.4) is 0 Å². The highest BCUT2D eigenvalue weighted by Gasteiger charge is 2.14. The lowest BCUT2D eigenvalue weighted by Gasteiger charge is -2.18. The molecule has 0 saturated carbocycles. The van der Waals surface area contributed by atoms with Gasteiger partial charge in [0.2, 0.25) is 0 Å². The SMILES string of the molecule is CN(C)c1c(Br)ccc2c1CC=C2. The maximum atomic E-state index is 3.58. The number of halogens is 1. The number of nitrogens with zero attached hydrogens (tertiary/aromatic N) is 1. The molecule has 0 amide bonds. The van der Waals surface area contributed by atoms with Gasteiger partial charge in [0.25, 0.3) is 0 Å². The van der Waals surface area contributed by atoms with Gasteiger partial charge in [0.1, 0.15) is 0 Å². The molecule has 68 valence electrons. The minimum absolute atomic E-state index is 1.06. The minimum atomic E-state index is 1.06. The van der Waals surface area contributed by atoms with Gasteiger partial charge in [0.15, 0.2) is 0 Å². The molecule has 0 bridgehead atoms. The van der Waals surface area contributed by atoms with Gasteiger partial charge in [-0.1, -0.05) is 18.2 Å². The van der Waals surface area contributed by atoms with E-state index in [1.54, 1.807) is 0 Å². The second-order valence-corrected chi connectivity index (χ2v) is 4.32. The minimum Gasteiger partial charge on any atom is -0.377 e. The molecule has 0 radical (unpaired) electrons. The average Bonchev–Trinajstić information content (AvgIpc) is 2.50. The van der Waals surface area contributed by atoms with Crippen molar-refractivity contribution in [2.24, 2.45) is 0 Å². The number of allylic oxidation sites excluding steroid dienone is 1. The van der Waals surface area contributed by atoms with E-state index in [1.807, 2.05) is 0 Å². The van der Waals surface area contributed by atoms with Crippen LogP contribution in [0.2, 0.25) is 0 Å². The molecule has 0 saturated heterocycles. The Kier molecular flexibility index (Phi) is 2.16. The normalized spacial score (nSPS) is 13.2. The lowest BCUT2D eigenvalue weighted by Crippen LogP contribution is -2.12. The molecular formula is C11H12BrN. The van der Waals surface area contributed by atoms with Crippen LogP contribution in [0, 0.1) is 0 Å². The third-order valence-corrected chi connectivity index (χ3v) is 2.98. The molecule has 0 N–H and O–H groups in total. The Morgan fingerprint density at radius 3 is 2.77 bits per heavy atom. The van der Waals surface area contributed by atoms with E-state index in [0.29, 0.717) is 0 Å². The summed E-state index contributed by atoms with van der Waals surface area (Å²) in [6, 6.07) is 4.28. The van der Waals surface area contributed by atoms with Crippen molar-refractivity contribution in [3.05, 3.63) is 33.8 Å². The maximum Gasteiger partial charge on any atom is 0.0547 e. The average molecular weight is 238 g/mol. The topological polar surface area (TPSA) is 3.24 Å². The van der Waals surface area contributed by atoms with Gasteiger partial charge >= 0.3 is 0 Å². The second-order valence-electron chi connectivity index (χ2n) is 3.46. The highest BCUT2D eigenvalue weighted by Crippen LogP contribution is 2.35. The second kappa shape index (κ2) is 3.18. The van der Waals surface area contributed by atoms with E-state index in [-0.39, 0.29) is 0 Å². The van der Waals surface area contributed by atoms with Gasteiger partial charge in [-0.3, -0.25) is 0 Å². The Hall–Kier alpha value is -0.760. The summed E-state index contributed by atoms with van der Waals surface area (Å²) in [4.78, 5) is 2.16. The molecule has 0 atom stereocenters. The van der Waals surface area contributed by atoms with Crippen LogP contribution in [0.25, 0.3) is 6.08 Å². The molecule has 1 nitrogen and oxygen atoms in total. The molecule has 0 aromatic heterocycles. The van der Waals surface area contributed by atoms with Crippen molar-refractivity contribution in [2.45, 2.75) is 6.42 Å².